The topological polar surface area (TPSA) is 137 Å². The van der Waals surface area contributed by atoms with Crippen molar-refractivity contribution in [2.24, 2.45) is 40.4 Å². The van der Waals surface area contributed by atoms with Crippen LogP contribution in [0.5, 0.6) is 0 Å². The smallest absolute Gasteiger partial charge is 0.331 e. The van der Waals surface area contributed by atoms with Crippen LogP contribution in [0.25, 0.3) is 0 Å². The maximum Gasteiger partial charge on any atom is 0.331 e. The third-order valence-corrected chi connectivity index (χ3v) is 14.8. The number of carbonyl (C=O) groups is 2. The summed E-state index contributed by atoms with van der Waals surface area (Å²) >= 11 is 0. The van der Waals surface area contributed by atoms with Gasteiger partial charge in [0.1, 0.15) is 6.61 Å². The summed E-state index contributed by atoms with van der Waals surface area (Å²) in [6.45, 7) is 10.4. The van der Waals surface area contributed by atoms with E-state index >= 15 is 0 Å². The molecule has 9 heteroatoms. The molecule has 53 heavy (non-hydrogen) atoms. The predicted molar refractivity (Wildman–Crippen MR) is 205 cm³/mol. The van der Waals surface area contributed by atoms with Crippen LogP contribution in [0.4, 0.5) is 0 Å². The number of aliphatic hydroxyl groups excluding tert-OH is 2. The first-order chi connectivity index (χ1) is 25.3. The molecule has 1 aromatic rings. The molecule has 0 amide bonds. The van der Waals surface area contributed by atoms with Crippen molar-refractivity contribution in [1.29, 1.82) is 0 Å². The van der Waals surface area contributed by atoms with E-state index in [2.05, 4.69) is 55.9 Å². The second-order valence-electron chi connectivity index (χ2n) is 18.2. The number of esters is 2. The Labute approximate surface area is 318 Å². The Hall–Kier alpha value is -2.30. The number of unbranched alkanes of at least 4 members (excludes halogenated alkanes) is 2. The monoisotopic (exact) mass is 737 g/mol. The fourth-order valence-corrected chi connectivity index (χ4v) is 12.5. The van der Waals surface area contributed by atoms with E-state index in [9.17, 15) is 24.9 Å². The fourth-order valence-electron chi connectivity index (χ4n) is 12.5. The molecular formula is C44H68N2O7. The van der Waals surface area contributed by atoms with E-state index in [1.54, 1.807) is 0 Å². The van der Waals surface area contributed by atoms with Gasteiger partial charge in [-0.3, -0.25) is 10.2 Å². The van der Waals surface area contributed by atoms with Gasteiger partial charge in [0.25, 0.3) is 0 Å². The van der Waals surface area contributed by atoms with Crippen LogP contribution >= 0.6 is 0 Å². The highest BCUT2D eigenvalue weighted by molar-refractivity contribution is 5.85. The molecule has 4 fully saturated rings. The Balaban J connectivity index is 1.39. The highest BCUT2D eigenvalue weighted by Crippen LogP contribution is 2.72. The highest BCUT2D eigenvalue weighted by atomic mass is 16.6. The number of aliphatic hydroxyl groups is 3. The van der Waals surface area contributed by atoms with E-state index < -0.39 is 52.2 Å². The molecule has 2 heterocycles. The summed E-state index contributed by atoms with van der Waals surface area (Å²) in [4.78, 5) is 25.3. The molecule has 0 aromatic heterocycles. The Morgan fingerprint density at radius 2 is 1.87 bits per heavy atom. The van der Waals surface area contributed by atoms with Gasteiger partial charge >= 0.3 is 11.9 Å². The van der Waals surface area contributed by atoms with Gasteiger partial charge < -0.3 is 24.8 Å². The highest BCUT2D eigenvalue weighted by Gasteiger charge is 2.79. The summed E-state index contributed by atoms with van der Waals surface area (Å²) in [5, 5.41) is 39.3. The van der Waals surface area contributed by atoms with Gasteiger partial charge in [0.15, 0.2) is 5.72 Å². The van der Waals surface area contributed by atoms with Crippen LogP contribution in [0.3, 0.4) is 0 Å². The van der Waals surface area contributed by atoms with Crippen LogP contribution in [0.2, 0.25) is 0 Å². The van der Waals surface area contributed by atoms with Crippen molar-refractivity contribution in [3.8, 4) is 0 Å². The third kappa shape index (κ3) is 7.64. The summed E-state index contributed by atoms with van der Waals surface area (Å²) in [6, 6.07) is 10.7. The molecule has 12 atom stereocenters. The summed E-state index contributed by atoms with van der Waals surface area (Å²) in [7, 11) is 0. The number of nitrogens with one attached hydrogen (secondary N) is 2. The van der Waals surface area contributed by atoms with Crippen molar-refractivity contribution in [1.82, 2.24) is 10.9 Å². The predicted octanol–water partition coefficient (Wildman–Crippen LogP) is 6.93. The van der Waals surface area contributed by atoms with E-state index in [1.165, 1.54) is 44.2 Å². The van der Waals surface area contributed by atoms with E-state index in [-0.39, 0.29) is 31.0 Å². The van der Waals surface area contributed by atoms with E-state index in [0.29, 0.717) is 43.9 Å². The largest absolute Gasteiger partial charge is 0.458 e. The minimum Gasteiger partial charge on any atom is -0.458 e. The molecule has 6 rings (SSSR count). The zero-order chi connectivity index (χ0) is 38.0. The van der Waals surface area contributed by atoms with Crippen molar-refractivity contribution >= 4 is 11.9 Å². The zero-order valence-corrected chi connectivity index (χ0v) is 33.1. The molecule has 1 unspecified atom stereocenters. The van der Waals surface area contributed by atoms with Gasteiger partial charge in [0.05, 0.1) is 23.2 Å². The molecule has 3 saturated carbocycles. The number of ether oxygens (including phenoxy) is 2. The Kier molecular flexibility index (Phi) is 12.5. The molecule has 1 saturated heterocycles. The summed E-state index contributed by atoms with van der Waals surface area (Å²) in [5.41, 5.74) is 4.75. The minimum atomic E-state index is -1.54. The summed E-state index contributed by atoms with van der Waals surface area (Å²) in [6.07, 6.45) is 12.5. The van der Waals surface area contributed by atoms with Crippen LogP contribution < -0.4 is 10.9 Å². The van der Waals surface area contributed by atoms with Crippen LogP contribution in [0.15, 0.2) is 42.0 Å². The molecule has 5 N–H and O–H groups in total. The lowest BCUT2D eigenvalue weighted by atomic mass is 9.36. The molecule has 296 valence electrons. The average molecular weight is 737 g/mol. The maximum atomic E-state index is 13.6. The van der Waals surface area contributed by atoms with Gasteiger partial charge in [-0.15, -0.1) is 0 Å². The van der Waals surface area contributed by atoms with Gasteiger partial charge in [-0.05, 0) is 104 Å². The Morgan fingerprint density at radius 3 is 2.57 bits per heavy atom. The lowest BCUT2D eigenvalue weighted by Gasteiger charge is -2.71. The molecule has 5 aliphatic rings. The van der Waals surface area contributed by atoms with Crippen LogP contribution in [0, 0.1) is 40.4 Å². The molecule has 9 nitrogen and oxygen atoms in total. The molecular weight excluding hydrogens is 668 g/mol. The Morgan fingerprint density at radius 1 is 1.09 bits per heavy atom. The fraction of sp³-hybridized carbons (Fsp3) is 0.773. The maximum absolute atomic E-state index is 13.6. The average Bonchev–Trinajstić information content (AvgIpc) is 3.73. The van der Waals surface area contributed by atoms with Gasteiger partial charge in [-0.2, -0.15) is 0 Å². The molecule has 0 radical (unpaired) electrons. The first-order valence-electron chi connectivity index (χ1n) is 21.0. The third-order valence-electron chi connectivity index (χ3n) is 14.8. The van der Waals surface area contributed by atoms with E-state index in [1.807, 2.05) is 13.0 Å². The van der Waals surface area contributed by atoms with Crippen LogP contribution in [0.1, 0.15) is 136 Å². The first-order valence-corrected chi connectivity index (χ1v) is 21.0. The van der Waals surface area contributed by atoms with Crippen molar-refractivity contribution in [3.63, 3.8) is 0 Å². The molecule has 3 aliphatic carbocycles. The number of carbonyl (C=O) groups excluding carboxylic acids is 2. The summed E-state index contributed by atoms with van der Waals surface area (Å²) in [5.74, 6) is -0.785. The quantitative estimate of drug-likeness (QED) is 0.0905. The molecule has 0 bridgehead atoms. The molecule has 0 spiro atoms. The number of hydrogen-bond acceptors (Lipinski definition) is 9. The Bertz CT molecular complexity index is 1450. The first kappa shape index (κ1) is 40.4. The number of aryl methyl sites for hydroxylation is 1. The lowest BCUT2D eigenvalue weighted by molar-refractivity contribution is -0.351. The van der Waals surface area contributed by atoms with Gasteiger partial charge in [-0.25, -0.2) is 10.2 Å². The number of rotatable bonds is 16. The zero-order valence-electron chi connectivity index (χ0n) is 33.1. The summed E-state index contributed by atoms with van der Waals surface area (Å²) < 4.78 is 11.8. The number of cyclic esters (lactones) is 1. The number of hydrazine groups is 1. The van der Waals surface area contributed by atoms with Crippen LogP contribution in [-0.2, 0) is 25.5 Å². The van der Waals surface area contributed by atoms with E-state index in [4.69, 9.17) is 9.47 Å². The lowest BCUT2D eigenvalue weighted by Crippen LogP contribution is -2.81. The SMILES string of the molecule is CCCCC[C@H]1C[C@@H]2[C@@H](C1)NN[C@]1(OC(C)=O)C[C@@H](C)[C@](O)(CCC3=CC(=O)OC3)[C@@]3([C@H](O)CC[C@H](C)CCCc4ccccc4)C1[C@@]2(C)CC[C@@H]3O. The molecule has 1 aromatic carbocycles. The van der Waals surface area contributed by atoms with Crippen molar-refractivity contribution < 1.29 is 34.4 Å². The van der Waals surface area contributed by atoms with Gasteiger partial charge in [0.2, 0.25) is 0 Å². The van der Waals surface area contributed by atoms with Crippen molar-refractivity contribution in [3.05, 3.63) is 47.5 Å². The van der Waals surface area contributed by atoms with Gasteiger partial charge in [-0.1, -0.05) is 90.1 Å². The van der Waals surface area contributed by atoms with Crippen molar-refractivity contribution in [2.45, 2.75) is 167 Å². The number of benzene rings is 1. The normalized spacial score (nSPS) is 38.9. The van der Waals surface area contributed by atoms with E-state index in [0.717, 1.165) is 44.1 Å². The minimum absolute atomic E-state index is 0.134. The van der Waals surface area contributed by atoms with Crippen molar-refractivity contribution in [2.75, 3.05) is 6.61 Å². The van der Waals surface area contributed by atoms with Crippen LogP contribution in [-0.4, -0.2) is 63.4 Å². The van der Waals surface area contributed by atoms with Gasteiger partial charge in [0, 0.05) is 31.4 Å². The number of fused-ring (bicyclic) bond motifs is 2. The standard InChI is InChI=1S/C44H68N2O7/c1-6-7-9-16-33-24-35-36(25-33)45-46-43(53-31(4)47)27-30(3)42(51,23-20-34-26-39(50)52-28-34)44(38(49)21-22-41(35,5)40(43)44)37(48)19-18-29(2)13-12-17-32-14-10-8-11-15-32/h8,10-11,14-15,26,29-30,33,35-38,40,45-46,48-49,51H,6-7,9,12-13,16-25,27-28H2,1-5H3/t29-,30-,33+,35-,36-,37-,38+,40?,41+,42-,43+,44-/m1/s1. The molecule has 2 aliphatic heterocycles. The second-order valence-corrected chi connectivity index (χ2v) is 18.2. The second kappa shape index (κ2) is 16.4. The number of hydrogen-bond donors (Lipinski definition) is 5.